The fourth-order valence-corrected chi connectivity index (χ4v) is 1.84. The number of nitrogens with zero attached hydrogens (tertiary/aromatic N) is 1. The summed E-state index contributed by atoms with van der Waals surface area (Å²) in [6.07, 6.45) is 0.962. The minimum Gasteiger partial charge on any atom is -0.481 e. The molecule has 108 valence electrons. The Morgan fingerprint density at radius 2 is 1.86 bits per heavy atom. The van der Waals surface area contributed by atoms with E-state index >= 15 is 0 Å². The van der Waals surface area contributed by atoms with Crippen LogP contribution in [0, 0.1) is 0 Å². The van der Waals surface area contributed by atoms with Gasteiger partial charge in [-0.25, -0.2) is 5.43 Å². The normalized spacial score (nSPS) is 12.1. The molecule has 0 aliphatic carbocycles. The third kappa shape index (κ3) is 5.04. The van der Waals surface area contributed by atoms with Crippen molar-refractivity contribution in [1.82, 2.24) is 5.43 Å². The summed E-state index contributed by atoms with van der Waals surface area (Å²) in [7, 11) is 0. The van der Waals surface area contributed by atoms with Gasteiger partial charge in [0.15, 0.2) is 6.10 Å². The van der Waals surface area contributed by atoms with Gasteiger partial charge in [-0.2, -0.15) is 5.10 Å². The van der Waals surface area contributed by atoms with E-state index in [1.165, 1.54) is 0 Å². The topological polar surface area (TPSA) is 50.7 Å². The Kier molecular flexibility index (Phi) is 5.51. The predicted molar refractivity (Wildman–Crippen MR) is 86.4 cm³/mol. The number of rotatable bonds is 5. The first kappa shape index (κ1) is 15.3. The Morgan fingerprint density at radius 1 is 1.19 bits per heavy atom. The third-order valence-corrected chi connectivity index (χ3v) is 3.21. The van der Waals surface area contributed by atoms with Gasteiger partial charge in [-0.15, -0.1) is 0 Å². The molecule has 0 heterocycles. The number of benzene rings is 2. The van der Waals surface area contributed by atoms with Gasteiger partial charge in [0.25, 0.3) is 5.91 Å². The average molecular weight is 347 g/mol. The van der Waals surface area contributed by atoms with E-state index in [0.717, 1.165) is 10.0 Å². The summed E-state index contributed by atoms with van der Waals surface area (Å²) in [5, 5.41) is 3.91. The summed E-state index contributed by atoms with van der Waals surface area (Å²) in [5.74, 6) is 0.331. The molecule has 0 radical (unpaired) electrons. The smallest absolute Gasteiger partial charge is 0.280 e. The van der Waals surface area contributed by atoms with Gasteiger partial charge in [0.2, 0.25) is 0 Å². The number of halogens is 1. The lowest BCUT2D eigenvalue weighted by Crippen LogP contribution is -2.33. The van der Waals surface area contributed by atoms with Gasteiger partial charge < -0.3 is 4.74 Å². The number of carbonyl (C=O) groups is 1. The molecule has 0 saturated carbocycles. The summed E-state index contributed by atoms with van der Waals surface area (Å²) in [6.45, 7) is 1.68. The summed E-state index contributed by atoms with van der Waals surface area (Å²) < 4.78 is 6.48. The van der Waals surface area contributed by atoms with Gasteiger partial charge >= 0.3 is 0 Å². The number of nitrogens with one attached hydrogen (secondary N) is 1. The van der Waals surface area contributed by atoms with Crippen molar-refractivity contribution in [2.24, 2.45) is 5.10 Å². The Balaban J connectivity index is 1.85. The van der Waals surface area contributed by atoms with Crippen molar-refractivity contribution in [3.8, 4) is 5.75 Å². The molecule has 4 nitrogen and oxygen atoms in total. The molecule has 0 bridgehead atoms. The summed E-state index contributed by atoms with van der Waals surface area (Å²) in [4.78, 5) is 11.8. The van der Waals surface area contributed by atoms with Crippen molar-refractivity contribution < 1.29 is 9.53 Å². The van der Waals surface area contributed by atoms with Crippen LogP contribution in [0.2, 0.25) is 0 Å². The quantitative estimate of drug-likeness (QED) is 0.666. The molecule has 0 spiro atoms. The van der Waals surface area contributed by atoms with Gasteiger partial charge in [-0.05, 0) is 36.8 Å². The first-order valence-electron chi connectivity index (χ1n) is 6.45. The maximum Gasteiger partial charge on any atom is 0.280 e. The molecular weight excluding hydrogens is 332 g/mol. The van der Waals surface area contributed by atoms with Crippen molar-refractivity contribution in [2.75, 3.05) is 0 Å². The van der Waals surface area contributed by atoms with Crippen LogP contribution in [0.4, 0.5) is 0 Å². The molecule has 5 heteroatoms. The lowest BCUT2D eigenvalue weighted by atomic mass is 10.2. The maximum absolute atomic E-state index is 11.8. The highest BCUT2D eigenvalue weighted by molar-refractivity contribution is 9.10. The number of carbonyl (C=O) groups excluding carboxylic acids is 1. The van der Waals surface area contributed by atoms with Crippen molar-refractivity contribution in [3.05, 3.63) is 64.6 Å². The van der Waals surface area contributed by atoms with Crippen LogP contribution >= 0.6 is 15.9 Å². The molecular formula is C16H15BrN2O2. The van der Waals surface area contributed by atoms with E-state index in [4.69, 9.17) is 4.74 Å². The van der Waals surface area contributed by atoms with Crippen molar-refractivity contribution in [2.45, 2.75) is 13.0 Å². The second-order valence-corrected chi connectivity index (χ2v) is 5.27. The lowest BCUT2D eigenvalue weighted by Gasteiger charge is -2.12. The zero-order chi connectivity index (χ0) is 15.1. The SMILES string of the molecule is C[C@@H](Oc1ccc(Br)cc1)C(=O)N/N=C\c1ccccc1. The largest absolute Gasteiger partial charge is 0.481 e. The molecule has 0 saturated heterocycles. The number of amides is 1. The van der Waals surface area contributed by atoms with E-state index in [-0.39, 0.29) is 5.91 Å². The van der Waals surface area contributed by atoms with Crippen LogP contribution < -0.4 is 10.2 Å². The molecule has 0 aliphatic rings. The number of hydrogen-bond donors (Lipinski definition) is 1. The summed E-state index contributed by atoms with van der Waals surface area (Å²) in [5.41, 5.74) is 3.37. The van der Waals surface area contributed by atoms with Crippen molar-refractivity contribution in [3.63, 3.8) is 0 Å². The first-order chi connectivity index (χ1) is 10.1. The highest BCUT2D eigenvalue weighted by Gasteiger charge is 2.13. The van der Waals surface area contributed by atoms with E-state index in [1.54, 1.807) is 25.3 Å². The van der Waals surface area contributed by atoms with Gasteiger partial charge in [0.1, 0.15) is 5.75 Å². The van der Waals surface area contributed by atoms with Crippen molar-refractivity contribution >= 4 is 28.1 Å². The Bertz CT molecular complexity index is 612. The molecule has 2 rings (SSSR count). The van der Waals surface area contributed by atoms with Gasteiger partial charge in [-0.3, -0.25) is 4.79 Å². The number of hydrogen-bond acceptors (Lipinski definition) is 3. The molecule has 2 aromatic carbocycles. The minimum absolute atomic E-state index is 0.301. The van der Waals surface area contributed by atoms with E-state index in [9.17, 15) is 4.79 Å². The molecule has 1 atom stereocenters. The molecule has 0 aromatic heterocycles. The Morgan fingerprint density at radius 3 is 2.52 bits per heavy atom. The minimum atomic E-state index is -0.626. The molecule has 0 fully saturated rings. The van der Waals surface area contributed by atoms with Gasteiger partial charge in [0, 0.05) is 4.47 Å². The second-order valence-electron chi connectivity index (χ2n) is 4.36. The first-order valence-corrected chi connectivity index (χ1v) is 7.24. The summed E-state index contributed by atoms with van der Waals surface area (Å²) in [6, 6.07) is 16.8. The van der Waals surface area contributed by atoms with Crippen molar-refractivity contribution in [1.29, 1.82) is 0 Å². The van der Waals surface area contributed by atoms with Crippen LogP contribution in [0.1, 0.15) is 12.5 Å². The standard InChI is InChI=1S/C16H15BrN2O2/c1-12(21-15-9-7-14(17)8-10-15)16(20)19-18-11-13-5-3-2-4-6-13/h2-12H,1H3,(H,19,20)/b18-11-/t12-/m1/s1. The number of ether oxygens (including phenoxy) is 1. The van der Waals surface area contributed by atoms with E-state index in [1.807, 2.05) is 42.5 Å². The monoisotopic (exact) mass is 346 g/mol. The Labute approximate surface area is 132 Å². The molecule has 1 N–H and O–H groups in total. The Hall–Kier alpha value is -2.14. The highest BCUT2D eigenvalue weighted by Crippen LogP contribution is 2.17. The number of hydrazone groups is 1. The second kappa shape index (κ2) is 7.59. The molecule has 1 amide bonds. The molecule has 0 aliphatic heterocycles. The molecule has 2 aromatic rings. The van der Waals surface area contributed by atoms with Crippen LogP contribution in [0.3, 0.4) is 0 Å². The van der Waals surface area contributed by atoms with Crippen LogP contribution in [0.25, 0.3) is 0 Å². The van der Waals surface area contributed by atoms with Crippen LogP contribution in [0.5, 0.6) is 5.75 Å². The fourth-order valence-electron chi connectivity index (χ4n) is 1.57. The average Bonchev–Trinajstić information content (AvgIpc) is 2.50. The predicted octanol–water partition coefficient (Wildman–Crippen LogP) is 3.37. The third-order valence-electron chi connectivity index (χ3n) is 2.68. The molecule has 21 heavy (non-hydrogen) atoms. The van der Waals surface area contributed by atoms with E-state index < -0.39 is 6.10 Å². The lowest BCUT2D eigenvalue weighted by molar-refractivity contribution is -0.127. The van der Waals surface area contributed by atoms with E-state index in [0.29, 0.717) is 5.75 Å². The van der Waals surface area contributed by atoms with E-state index in [2.05, 4.69) is 26.5 Å². The zero-order valence-electron chi connectivity index (χ0n) is 11.5. The van der Waals surface area contributed by atoms with Crippen LogP contribution in [0.15, 0.2) is 64.2 Å². The fraction of sp³-hybridized carbons (Fsp3) is 0.125. The maximum atomic E-state index is 11.8. The van der Waals surface area contributed by atoms with Crippen LogP contribution in [-0.2, 0) is 4.79 Å². The van der Waals surface area contributed by atoms with Gasteiger partial charge in [-0.1, -0.05) is 46.3 Å². The summed E-state index contributed by atoms with van der Waals surface area (Å²) >= 11 is 3.34. The van der Waals surface area contributed by atoms with Gasteiger partial charge in [0.05, 0.1) is 6.21 Å². The molecule has 0 unspecified atom stereocenters. The van der Waals surface area contributed by atoms with Crippen LogP contribution in [-0.4, -0.2) is 18.2 Å². The zero-order valence-corrected chi connectivity index (χ0v) is 13.1. The highest BCUT2D eigenvalue weighted by atomic mass is 79.9.